The maximum absolute atomic E-state index is 12.5. The monoisotopic (exact) mass is 378 g/mol. The van der Waals surface area contributed by atoms with Gasteiger partial charge in [0.05, 0.1) is 25.7 Å². The summed E-state index contributed by atoms with van der Waals surface area (Å²) in [5.41, 5.74) is 1.29. The Balaban J connectivity index is 2.14. The molecule has 0 radical (unpaired) electrons. The van der Waals surface area contributed by atoms with E-state index in [2.05, 4.69) is 5.32 Å². The molecule has 7 nitrogen and oxygen atoms in total. The topological polar surface area (TPSA) is 84.9 Å². The van der Waals surface area contributed by atoms with E-state index in [1.54, 1.807) is 30.3 Å². The molecule has 26 heavy (non-hydrogen) atoms. The van der Waals surface area contributed by atoms with Gasteiger partial charge in [0, 0.05) is 18.8 Å². The maximum atomic E-state index is 12.5. The van der Waals surface area contributed by atoms with E-state index >= 15 is 0 Å². The summed E-state index contributed by atoms with van der Waals surface area (Å²) in [7, 11) is 0.658. The van der Waals surface area contributed by atoms with Gasteiger partial charge in [-0.25, -0.2) is 8.42 Å². The van der Waals surface area contributed by atoms with Crippen molar-refractivity contribution in [2.45, 2.75) is 11.8 Å². The van der Waals surface area contributed by atoms with Gasteiger partial charge in [-0.15, -0.1) is 0 Å². The van der Waals surface area contributed by atoms with Crippen molar-refractivity contribution < 1.29 is 22.7 Å². The lowest BCUT2D eigenvalue weighted by Gasteiger charge is -2.18. The van der Waals surface area contributed by atoms with Gasteiger partial charge in [0.1, 0.15) is 0 Å². The third kappa shape index (κ3) is 4.33. The molecule has 0 heterocycles. The van der Waals surface area contributed by atoms with E-state index in [4.69, 9.17) is 9.47 Å². The number of benzene rings is 2. The molecular formula is C18H22N2O5S. The first-order valence-electron chi connectivity index (χ1n) is 7.83. The van der Waals surface area contributed by atoms with E-state index in [9.17, 15) is 13.2 Å². The van der Waals surface area contributed by atoms with Gasteiger partial charge in [0.15, 0.2) is 11.5 Å². The van der Waals surface area contributed by atoms with Gasteiger partial charge in [-0.2, -0.15) is 4.31 Å². The minimum atomic E-state index is -3.73. The fourth-order valence-corrected chi connectivity index (χ4v) is 3.51. The highest BCUT2D eigenvalue weighted by Crippen LogP contribution is 2.32. The summed E-state index contributed by atoms with van der Waals surface area (Å²) in [6.45, 7) is 1.49. The number of methoxy groups -OCH3 is 2. The molecule has 0 saturated heterocycles. The number of hydrogen-bond donors (Lipinski definition) is 1. The van der Waals surface area contributed by atoms with Crippen LogP contribution in [-0.2, 0) is 14.8 Å². The van der Waals surface area contributed by atoms with Crippen molar-refractivity contribution in [1.29, 1.82) is 0 Å². The Hall–Kier alpha value is -2.58. The van der Waals surface area contributed by atoms with E-state index in [1.165, 1.54) is 33.4 Å². The molecule has 8 heteroatoms. The molecule has 2 rings (SSSR count). The van der Waals surface area contributed by atoms with Crippen LogP contribution in [0.25, 0.3) is 0 Å². The van der Waals surface area contributed by atoms with Gasteiger partial charge < -0.3 is 14.8 Å². The number of ether oxygens (including phenoxy) is 2. The van der Waals surface area contributed by atoms with Crippen LogP contribution in [0.4, 0.5) is 5.69 Å². The highest BCUT2D eigenvalue weighted by atomic mass is 32.2. The van der Waals surface area contributed by atoms with Crippen molar-refractivity contribution in [3.63, 3.8) is 0 Å². The fraction of sp³-hybridized carbons (Fsp3) is 0.278. The SMILES string of the molecule is COc1cc(C)c(NC(=O)CN(C)S(=O)(=O)c2ccccc2)cc1OC. The Labute approximate surface area is 153 Å². The Morgan fingerprint density at radius 2 is 1.65 bits per heavy atom. The number of sulfonamides is 1. The van der Waals surface area contributed by atoms with Gasteiger partial charge in [0.2, 0.25) is 15.9 Å². The Bertz CT molecular complexity index is 882. The van der Waals surface area contributed by atoms with Crippen molar-refractivity contribution in [2.75, 3.05) is 33.1 Å². The summed E-state index contributed by atoms with van der Waals surface area (Å²) in [6, 6.07) is 11.3. The quantitative estimate of drug-likeness (QED) is 0.799. The van der Waals surface area contributed by atoms with Crippen molar-refractivity contribution in [3.05, 3.63) is 48.0 Å². The molecule has 0 aromatic heterocycles. The van der Waals surface area contributed by atoms with Crippen molar-refractivity contribution in [3.8, 4) is 11.5 Å². The van der Waals surface area contributed by atoms with Crippen molar-refractivity contribution in [1.82, 2.24) is 4.31 Å². The standard InChI is InChI=1S/C18H22N2O5S/c1-13-10-16(24-3)17(25-4)11-15(13)19-18(21)12-20(2)26(22,23)14-8-6-5-7-9-14/h5-11H,12H2,1-4H3,(H,19,21). The molecule has 1 N–H and O–H groups in total. The lowest BCUT2D eigenvalue weighted by atomic mass is 10.1. The first-order chi connectivity index (χ1) is 12.3. The van der Waals surface area contributed by atoms with Crippen LogP contribution >= 0.6 is 0 Å². The molecule has 0 unspecified atom stereocenters. The van der Waals surface area contributed by atoms with Crippen LogP contribution in [0.5, 0.6) is 11.5 Å². The number of likely N-dealkylation sites (N-methyl/N-ethyl adjacent to an activating group) is 1. The zero-order valence-corrected chi connectivity index (χ0v) is 16.0. The molecule has 140 valence electrons. The smallest absolute Gasteiger partial charge is 0.243 e. The van der Waals surface area contributed by atoms with Crippen LogP contribution in [0.2, 0.25) is 0 Å². The van der Waals surface area contributed by atoms with Gasteiger partial charge in [-0.3, -0.25) is 4.79 Å². The van der Waals surface area contributed by atoms with Crippen LogP contribution in [-0.4, -0.2) is 46.4 Å². The Kier molecular flexibility index (Phi) is 6.23. The van der Waals surface area contributed by atoms with Gasteiger partial charge >= 0.3 is 0 Å². The largest absolute Gasteiger partial charge is 0.493 e. The summed E-state index contributed by atoms with van der Waals surface area (Å²) >= 11 is 0. The molecule has 1 amide bonds. The first kappa shape index (κ1) is 19.7. The summed E-state index contributed by atoms with van der Waals surface area (Å²) in [4.78, 5) is 12.5. The summed E-state index contributed by atoms with van der Waals surface area (Å²) in [5.74, 6) is 0.563. The molecule has 0 fully saturated rings. The molecule has 0 aliphatic heterocycles. The van der Waals surface area contributed by atoms with E-state index in [-0.39, 0.29) is 11.4 Å². The highest BCUT2D eigenvalue weighted by Gasteiger charge is 2.23. The van der Waals surface area contributed by atoms with E-state index < -0.39 is 15.9 Å². The molecule has 0 bridgehead atoms. The first-order valence-corrected chi connectivity index (χ1v) is 9.27. The number of amides is 1. The molecule has 2 aromatic rings. The zero-order chi connectivity index (χ0) is 19.3. The molecule has 0 spiro atoms. The zero-order valence-electron chi connectivity index (χ0n) is 15.1. The van der Waals surface area contributed by atoms with Crippen LogP contribution in [0.1, 0.15) is 5.56 Å². The second-order valence-corrected chi connectivity index (χ2v) is 7.69. The summed E-state index contributed by atoms with van der Waals surface area (Å²) in [5, 5.41) is 2.71. The Morgan fingerprint density at radius 1 is 1.08 bits per heavy atom. The van der Waals surface area contributed by atoms with Gasteiger partial charge in [-0.1, -0.05) is 18.2 Å². The van der Waals surface area contributed by atoms with Gasteiger partial charge in [0.25, 0.3) is 0 Å². The average molecular weight is 378 g/mol. The van der Waals surface area contributed by atoms with E-state index in [1.807, 2.05) is 6.92 Å². The van der Waals surface area contributed by atoms with Gasteiger partial charge in [-0.05, 0) is 30.7 Å². The van der Waals surface area contributed by atoms with Crippen LogP contribution in [0.3, 0.4) is 0 Å². The number of nitrogens with one attached hydrogen (secondary N) is 1. The molecule has 0 aliphatic carbocycles. The number of carbonyl (C=O) groups is 1. The van der Waals surface area contributed by atoms with Crippen molar-refractivity contribution in [2.24, 2.45) is 0 Å². The Morgan fingerprint density at radius 3 is 2.23 bits per heavy atom. The number of rotatable bonds is 7. The minimum Gasteiger partial charge on any atom is -0.493 e. The summed E-state index contributed by atoms with van der Waals surface area (Å²) < 4.78 is 36.4. The molecular weight excluding hydrogens is 356 g/mol. The fourth-order valence-electron chi connectivity index (χ4n) is 2.36. The molecule has 2 aromatic carbocycles. The number of anilines is 1. The van der Waals surface area contributed by atoms with Crippen LogP contribution < -0.4 is 14.8 Å². The predicted molar refractivity (Wildman–Crippen MR) is 99.2 cm³/mol. The molecule has 0 atom stereocenters. The highest BCUT2D eigenvalue weighted by molar-refractivity contribution is 7.89. The second kappa shape index (κ2) is 8.20. The number of hydrogen-bond acceptors (Lipinski definition) is 5. The second-order valence-electron chi connectivity index (χ2n) is 5.64. The lowest BCUT2D eigenvalue weighted by molar-refractivity contribution is -0.116. The number of aryl methyl sites for hydroxylation is 1. The minimum absolute atomic E-state index is 0.137. The van der Waals surface area contributed by atoms with Crippen LogP contribution in [0.15, 0.2) is 47.4 Å². The number of carbonyl (C=O) groups excluding carboxylic acids is 1. The maximum Gasteiger partial charge on any atom is 0.243 e. The third-order valence-corrected chi connectivity index (χ3v) is 5.64. The normalized spacial score (nSPS) is 11.3. The van der Waals surface area contributed by atoms with Crippen LogP contribution in [0, 0.1) is 6.92 Å². The average Bonchev–Trinajstić information content (AvgIpc) is 2.63. The van der Waals surface area contributed by atoms with E-state index in [0.717, 1.165) is 9.87 Å². The summed E-state index contributed by atoms with van der Waals surface area (Å²) in [6.07, 6.45) is 0. The lowest BCUT2D eigenvalue weighted by Crippen LogP contribution is -2.35. The molecule has 0 aliphatic rings. The van der Waals surface area contributed by atoms with Crippen molar-refractivity contribution >= 4 is 21.6 Å². The molecule has 0 saturated carbocycles. The number of nitrogens with zero attached hydrogens (tertiary/aromatic N) is 1. The van der Waals surface area contributed by atoms with E-state index in [0.29, 0.717) is 17.2 Å². The predicted octanol–water partition coefficient (Wildman–Crippen LogP) is 2.27. The third-order valence-electron chi connectivity index (χ3n) is 3.82.